The Kier molecular flexibility index (Phi) is 6.26. The van der Waals surface area contributed by atoms with E-state index in [0.717, 1.165) is 11.8 Å². The molecule has 4 rings (SSSR count). The molecule has 3 nitrogen and oxygen atoms in total. The third-order valence-electron chi connectivity index (χ3n) is 7.62. The Balaban J connectivity index is 1.17. The first kappa shape index (κ1) is 20.6. The van der Waals surface area contributed by atoms with E-state index in [-0.39, 0.29) is 0 Å². The molecule has 6 unspecified atom stereocenters. The van der Waals surface area contributed by atoms with Crippen LogP contribution in [-0.4, -0.2) is 41.1 Å². The second-order valence-electron chi connectivity index (χ2n) is 11.2. The predicted molar refractivity (Wildman–Crippen MR) is 116 cm³/mol. The maximum absolute atomic E-state index is 6.95. The molecule has 0 aromatic rings. The molecule has 0 amide bonds. The van der Waals surface area contributed by atoms with Gasteiger partial charge in [-0.1, -0.05) is 25.7 Å². The first-order valence-corrected chi connectivity index (χ1v) is 18.0. The molecule has 4 aliphatic rings. The van der Waals surface area contributed by atoms with E-state index in [1.165, 1.54) is 76.3 Å². The number of rotatable bonds is 8. The molecule has 27 heavy (non-hydrogen) atoms. The van der Waals surface area contributed by atoms with Crippen molar-refractivity contribution in [3.63, 3.8) is 0 Å². The topological polar surface area (TPSA) is 34.3 Å². The third kappa shape index (κ3) is 6.14. The van der Waals surface area contributed by atoms with Crippen LogP contribution in [0.2, 0.25) is 38.3 Å². The minimum Gasteiger partial charge on any atom is -0.455 e. The SMILES string of the molecule is C[Si](C)(CCC1CCCC2OC2CC1)O[Si](C)(C)CCC1CCC2OC2C1. The number of hydrogen-bond donors (Lipinski definition) is 0. The normalized spacial score (nSPS) is 39.1. The molecular formula is C22H42O3Si2. The second kappa shape index (κ2) is 8.21. The molecule has 2 aliphatic heterocycles. The Bertz CT molecular complexity index is 510. The lowest BCUT2D eigenvalue weighted by molar-refractivity contribution is 0.351. The summed E-state index contributed by atoms with van der Waals surface area (Å²) in [6.07, 6.45) is 16.1. The summed E-state index contributed by atoms with van der Waals surface area (Å²) in [6, 6.07) is 2.69. The van der Waals surface area contributed by atoms with Gasteiger partial charge in [0.1, 0.15) is 0 Å². The fourth-order valence-corrected chi connectivity index (χ4v) is 14.8. The molecule has 0 aromatic carbocycles. The van der Waals surface area contributed by atoms with Crippen LogP contribution in [0.25, 0.3) is 0 Å². The minimum absolute atomic E-state index is 0.622. The van der Waals surface area contributed by atoms with Gasteiger partial charge in [0.2, 0.25) is 0 Å². The Labute approximate surface area is 169 Å². The highest BCUT2D eigenvalue weighted by atomic mass is 28.4. The minimum atomic E-state index is -1.54. The Morgan fingerprint density at radius 2 is 1.22 bits per heavy atom. The van der Waals surface area contributed by atoms with Crippen molar-refractivity contribution in [3.05, 3.63) is 0 Å². The van der Waals surface area contributed by atoms with Gasteiger partial charge in [-0.25, -0.2) is 0 Å². The molecular weight excluding hydrogens is 368 g/mol. The Morgan fingerprint density at radius 3 is 1.93 bits per heavy atom. The van der Waals surface area contributed by atoms with Gasteiger partial charge in [0.15, 0.2) is 16.6 Å². The van der Waals surface area contributed by atoms with Crippen LogP contribution in [-0.2, 0) is 13.6 Å². The third-order valence-corrected chi connectivity index (χ3v) is 15.0. The number of hydrogen-bond acceptors (Lipinski definition) is 3. The highest BCUT2D eigenvalue weighted by Gasteiger charge is 2.44. The number of epoxide rings is 2. The smallest absolute Gasteiger partial charge is 0.173 e. The Hall–Kier alpha value is 0.314. The summed E-state index contributed by atoms with van der Waals surface area (Å²) in [5.41, 5.74) is 0. The van der Waals surface area contributed by atoms with Gasteiger partial charge in [0.05, 0.1) is 24.4 Å². The summed E-state index contributed by atoms with van der Waals surface area (Å²) in [5.74, 6) is 1.82. The van der Waals surface area contributed by atoms with Gasteiger partial charge in [-0.2, -0.15) is 0 Å². The Morgan fingerprint density at radius 1 is 0.667 bits per heavy atom. The van der Waals surface area contributed by atoms with E-state index in [1.807, 2.05) is 0 Å². The largest absolute Gasteiger partial charge is 0.455 e. The van der Waals surface area contributed by atoms with Crippen molar-refractivity contribution >= 4 is 16.6 Å². The van der Waals surface area contributed by atoms with Crippen LogP contribution in [0.5, 0.6) is 0 Å². The van der Waals surface area contributed by atoms with Crippen LogP contribution >= 0.6 is 0 Å². The summed E-state index contributed by atoms with van der Waals surface area (Å²) in [7, 11) is -3.08. The lowest BCUT2D eigenvalue weighted by Crippen LogP contribution is -2.44. The average molecular weight is 411 g/mol. The molecule has 5 heteroatoms. The average Bonchev–Trinajstić information content (AvgIpc) is 3.47. The number of fused-ring (bicyclic) bond motifs is 2. The monoisotopic (exact) mass is 410 g/mol. The molecule has 6 atom stereocenters. The van der Waals surface area contributed by atoms with Gasteiger partial charge in [-0.3, -0.25) is 0 Å². The van der Waals surface area contributed by atoms with Crippen molar-refractivity contribution in [2.45, 2.75) is 127 Å². The second-order valence-corrected chi connectivity index (χ2v) is 20.0. The van der Waals surface area contributed by atoms with E-state index in [4.69, 9.17) is 13.6 Å². The zero-order valence-corrected chi connectivity index (χ0v) is 20.2. The van der Waals surface area contributed by atoms with Crippen molar-refractivity contribution in [3.8, 4) is 0 Å². The molecule has 2 saturated carbocycles. The van der Waals surface area contributed by atoms with Crippen molar-refractivity contribution in [1.82, 2.24) is 0 Å². The van der Waals surface area contributed by atoms with Crippen LogP contribution in [0.4, 0.5) is 0 Å². The van der Waals surface area contributed by atoms with E-state index in [9.17, 15) is 0 Å². The molecule has 156 valence electrons. The summed E-state index contributed by atoms with van der Waals surface area (Å²) >= 11 is 0. The van der Waals surface area contributed by atoms with Crippen molar-refractivity contribution < 1.29 is 13.6 Å². The van der Waals surface area contributed by atoms with Gasteiger partial charge >= 0.3 is 0 Å². The van der Waals surface area contributed by atoms with Gasteiger partial charge < -0.3 is 13.6 Å². The molecule has 0 N–H and O–H groups in total. The van der Waals surface area contributed by atoms with E-state index < -0.39 is 16.6 Å². The van der Waals surface area contributed by atoms with Gasteiger partial charge in [0, 0.05) is 0 Å². The zero-order chi connectivity index (χ0) is 19.1. The van der Waals surface area contributed by atoms with E-state index >= 15 is 0 Å². The van der Waals surface area contributed by atoms with Crippen LogP contribution < -0.4 is 0 Å². The number of ether oxygens (including phenoxy) is 2. The first-order valence-electron chi connectivity index (χ1n) is 11.8. The first-order chi connectivity index (χ1) is 12.8. The fourth-order valence-electron chi connectivity index (χ4n) is 5.83. The molecule has 2 saturated heterocycles. The molecule has 0 radical (unpaired) electrons. The lowest BCUT2D eigenvalue weighted by atomic mass is 9.88. The van der Waals surface area contributed by atoms with Gasteiger partial charge in [0.25, 0.3) is 0 Å². The summed E-state index contributed by atoms with van der Waals surface area (Å²) in [5, 5.41) is 0. The highest BCUT2D eigenvalue weighted by molar-refractivity contribution is 6.84. The van der Waals surface area contributed by atoms with E-state index in [2.05, 4.69) is 26.2 Å². The van der Waals surface area contributed by atoms with E-state index in [0.29, 0.717) is 24.4 Å². The quantitative estimate of drug-likeness (QED) is 0.358. The van der Waals surface area contributed by atoms with Gasteiger partial charge in [-0.15, -0.1) is 0 Å². The lowest BCUT2D eigenvalue weighted by Gasteiger charge is -2.36. The maximum atomic E-state index is 6.95. The molecule has 4 fully saturated rings. The van der Waals surface area contributed by atoms with Crippen molar-refractivity contribution in [2.75, 3.05) is 0 Å². The molecule has 0 aromatic heterocycles. The molecule has 2 aliphatic carbocycles. The van der Waals surface area contributed by atoms with Crippen molar-refractivity contribution in [2.24, 2.45) is 11.8 Å². The summed E-state index contributed by atoms with van der Waals surface area (Å²) in [6.45, 7) is 9.91. The molecule has 0 bridgehead atoms. The van der Waals surface area contributed by atoms with Crippen LogP contribution in [0.1, 0.15) is 64.2 Å². The summed E-state index contributed by atoms with van der Waals surface area (Å²) in [4.78, 5) is 0. The van der Waals surface area contributed by atoms with Gasteiger partial charge in [-0.05, 0) is 88.6 Å². The van der Waals surface area contributed by atoms with Crippen molar-refractivity contribution in [1.29, 1.82) is 0 Å². The van der Waals surface area contributed by atoms with E-state index in [1.54, 1.807) is 0 Å². The summed E-state index contributed by atoms with van der Waals surface area (Å²) < 4.78 is 18.4. The van der Waals surface area contributed by atoms with Crippen LogP contribution in [0.3, 0.4) is 0 Å². The molecule has 0 spiro atoms. The standard InChI is InChI=1S/C22H42O3Si2/c1-26(2,14-12-17-6-5-7-19-20(23-19)10-8-17)25-27(3,4)15-13-18-9-11-21-22(16-18)24-21/h17-22H,5-16H2,1-4H3. The fraction of sp³-hybridized carbons (Fsp3) is 1.00. The maximum Gasteiger partial charge on any atom is 0.173 e. The zero-order valence-electron chi connectivity index (χ0n) is 18.2. The molecule has 2 heterocycles. The predicted octanol–water partition coefficient (Wildman–Crippen LogP) is 6.11. The van der Waals surface area contributed by atoms with Crippen LogP contribution in [0.15, 0.2) is 0 Å². The highest BCUT2D eigenvalue weighted by Crippen LogP contribution is 2.42. The van der Waals surface area contributed by atoms with Crippen LogP contribution in [0, 0.1) is 11.8 Å².